The van der Waals surface area contributed by atoms with Gasteiger partial charge in [-0.2, -0.15) is 0 Å². The molecule has 1 aromatic rings. The molecule has 0 saturated carbocycles. The van der Waals surface area contributed by atoms with Crippen molar-refractivity contribution in [1.29, 1.82) is 0 Å². The van der Waals surface area contributed by atoms with E-state index < -0.39 is 0 Å². The van der Waals surface area contributed by atoms with Crippen molar-refractivity contribution in [1.82, 2.24) is 5.32 Å². The van der Waals surface area contributed by atoms with E-state index in [2.05, 4.69) is 37.4 Å². The van der Waals surface area contributed by atoms with Crippen LogP contribution >= 0.6 is 0 Å². The molecule has 0 aromatic heterocycles. The summed E-state index contributed by atoms with van der Waals surface area (Å²) in [6, 6.07) is 6.44. The minimum atomic E-state index is 0.520. The van der Waals surface area contributed by atoms with Gasteiger partial charge in [0.25, 0.3) is 0 Å². The summed E-state index contributed by atoms with van der Waals surface area (Å²) in [4.78, 5) is 0. The molecule has 88 valence electrons. The van der Waals surface area contributed by atoms with Gasteiger partial charge in [-0.05, 0) is 36.4 Å². The summed E-state index contributed by atoms with van der Waals surface area (Å²) in [5.41, 5.74) is 2.86. The van der Waals surface area contributed by atoms with Gasteiger partial charge in [0.05, 0.1) is 7.11 Å². The molecule has 0 radical (unpaired) electrons. The van der Waals surface area contributed by atoms with Crippen molar-refractivity contribution in [2.24, 2.45) is 0 Å². The highest BCUT2D eigenvalue weighted by molar-refractivity contribution is 5.44. The van der Waals surface area contributed by atoms with Crippen LogP contribution in [0.15, 0.2) is 18.2 Å². The first-order valence-electron chi connectivity index (χ1n) is 6.11. The van der Waals surface area contributed by atoms with Crippen molar-refractivity contribution >= 4 is 0 Å². The number of benzene rings is 1. The van der Waals surface area contributed by atoms with Gasteiger partial charge in [-0.1, -0.05) is 26.0 Å². The number of methoxy groups -OCH3 is 1. The number of rotatable bonds is 3. The molecule has 0 bridgehead atoms. The Kier molecular flexibility index (Phi) is 3.49. The fourth-order valence-corrected chi connectivity index (χ4v) is 2.63. The van der Waals surface area contributed by atoms with Crippen LogP contribution in [0.1, 0.15) is 43.2 Å². The van der Waals surface area contributed by atoms with Crippen LogP contribution in [-0.2, 0) is 0 Å². The van der Waals surface area contributed by atoms with Crippen molar-refractivity contribution in [3.63, 3.8) is 0 Å². The Morgan fingerprint density at radius 1 is 1.38 bits per heavy atom. The second-order valence-corrected chi connectivity index (χ2v) is 4.81. The van der Waals surface area contributed by atoms with Crippen molar-refractivity contribution in [3.8, 4) is 5.75 Å². The van der Waals surface area contributed by atoms with E-state index in [-0.39, 0.29) is 0 Å². The molecule has 1 N–H and O–H groups in total. The molecule has 1 aromatic carbocycles. The zero-order valence-corrected chi connectivity index (χ0v) is 10.4. The molecule has 2 nitrogen and oxygen atoms in total. The van der Waals surface area contributed by atoms with Gasteiger partial charge in [0.1, 0.15) is 5.75 Å². The first-order chi connectivity index (χ1) is 7.74. The van der Waals surface area contributed by atoms with Crippen LogP contribution in [0.3, 0.4) is 0 Å². The summed E-state index contributed by atoms with van der Waals surface area (Å²) in [7, 11) is 1.76. The molecule has 1 fully saturated rings. The zero-order chi connectivity index (χ0) is 11.5. The van der Waals surface area contributed by atoms with Gasteiger partial charge in [-0.3, -0.25) is 0 Å². The van der Waals surface area contributed by atoms with Gasteiger partial charge in [0.15, 0.2) is 0 Å². The fraction of sp³-hybridized carbons (Fsp3) is 0.571. The predicted octanol–water partition coefficient (Wildman–Crippen LogP) is 2.90. The molecule has 2 heteroatoms. The molecule has 0 aliphatic carbocycles. The molecule has 0 spiro atoms. The van der Waals surface area contributed by atoms with Crippen molar-refractivity contribution in [3.05, 3.63) is 29.3 Å². The summed E-state index contributed by atoms with van der Waals surface area (Å²) in [5.74, 6) is 2.22. The van der Waals surface area contributed by atoms with E-state index in [0.717, 1.165) is 18.8 Å². The lowest BCUT2D eigenvalue weighted by molar-refractivity contribution is 0.406. The maximum absolute atomic E-state index is 5.49. The van der Waals surface area contributed by atoms with E-state index in [0.29, 0.717) is 11.8 Å². The van der Waals surface area contributed by atoms with Gasteiger partial charge < -0.3 is 10.1 Å². The first-order valence-corrected chi connectivity index (χ1v) is 6.11. The molecule has 1 unspecified atom stereocenters. The van der Waals surface area contributed by atoms with Crippen LogP contribution in [0.25, 0.3) is 0 Å². The minimum Gasteiger partial charge on any atom is -0.496 e. The third kappa shape index (κ3) is 2.07. The number of hydrogen-bond donors (Lipinski definition) is 1. The molecule has 1 saturated heterocycles. The first kappa shape index (κ1) is 11.5. The zero-order valence-electron chi connectivity index (χ0n) is 10.4. The summed E-state index contributed by atoms with van der Waals surface area (Å²) < 4.78 is 5.49. The lowest BCUT2D eigenvalue weighted by atomic mass is 9.87. The largest absolute Gasteiger partial charge is 0.496 e. The highest BCUT2D eigenvalue weighted by atomic mass is 16.5. The normalized spacial score (nSPS) is 20.4. The van der Waals surface area contributed by atoms with Gasteiger partial charge in [0, 0.05) is 12.1 Å². The molecule has 16 heavy (non-hydrogen) atoms. The Morgan fingerprint density at radius 2 is 2.19 bits per heavy atom. The smallest absolute Gasteiger partial charge is 0.122 e. The van der Waals surface area contributed by atoms with Crippen LogP contribution in [0, 0.1) is 0 Å². The molecule has 2 rings (SSSR count). The number of ether oxygens (including phenoxy) is 1. The average Bonchev–Trinajstić information content (AvgIpc) is 2.81. The monoisotopic (exact) mass is 219 g/mol. The lowest BCUT2D eigenvalue weighted by Crippen LogP contribution is -2.10. The third-order valence-electron chi connectivity index (χ3n) is 3.40. The second-order valence-electron chi connectivity index (χ2n) is 4.81. The predicted molar refractivity (Wildman–Crippen MR) is 67.3 cm³/mol. The molecular formula is C14H21NO. The minimum absolute atomic E-state index is 0.520. The van der Waals surface area contributed by atoms with Gasteiger partial charge in [0.2, 0.25) is 0 Å². The maximum atomic E-state index is 5.49. The summed E-state index contributed by atoms with van der Waals surface area (Å²) in [6.45, 7) is 6.72. The van der Waals surface area contributed by atoms with E-state index in [4.69, 9.17) is 4.74 Å². The Bertz CT molecular complexity index is 354. The standard InChI is InChI=1S/C14H21NO/c1-10(2)14-12(11-7-8-15-9-11)5-4-6-13(14)16-3/h4-6,10-11,15H,7-9H2,1-3H3. The van der Waals surface area contributed by atoms with E-state index in [1.807, 2.05) is 0 Å². The Balaban J connectivity index is 2.42. The van der Waals surface area contributed by atoms with Gasteiger partial charge in [-0.15, -0.1) is 0 Å². The lowest BCUT2D eigenvalue weighted by Gasteiger charge is -2.20. The number of hydrogen-bond acceptors (Lipinski definition) is 2. The fourth-order valence-electron chi connectivity index (χ4n) is 2.63. The Morgan fingerprint density at radius 3 is 2.75 bits per heavy atom. The van der Waals surface area contributed by atoms with Crippen molar-refractivity contribution in [2.75, 3.05) is 20.2 Å². The molecule has 1 heterocycles. The van der Waals surface area contributed by atoms with Crippen LogP contribution in [0.5, 0.6) is 5.75 Å². The highest BCUT2D eigenvalue weighted by Gasteiger charge is 2.22. The van der Waals surface area contributed by atoms with Crippen molar-refractivity contribution < 1.29 is 4.74 Å². The van der Waals surface area contributed by atoms with E-state index >= 15 is 0 Å². The topological polar surface area (TPSA) is 21.3 Å². The molecule has 0 amide bonds. The SMILES string of the molecule is COc1cccc(C2CCNC2)c1C(C)C. The molecule has 1 aliphatic heterocycles. The van der Waals surface area contributed by atoms with Crippen LogP contribution in [-0.4, -0.2) is 20.2 Å². The van der Waals surface area contributed by atoms with Crippen LogP contribution in [0.4, 0.5) is 0 Å². The van der Waals surface area contributed by atoms with E-state index in [9.17, 15) is 0 Å². The van der Waals surface area contributed by atoms with Crippen LogP contribution < -0.4 is 10.1 Å². The quantitative estimate of drug-likeness (QED) is 0.844. The van der Waals surface area contributed by atoms with Crippen LogP contribution in [0.2, 0.25) is 0 Å². The summed E-state index contributed by atoms with van der Waals surface area (Å²) >= 11 is 0. The third-order valence-corrected chi connectivity index (χ3v) is 3.40. The summed E-state index contributed by atoms with van der Waals surface area (Å²) in [5, 5.41) is 3.43. The highest BCUT2D eigenvalue weighted by Crippen LogP contribution is 2.35. The maximum Gasteiger partial charge on any atom is 0.122 e. The Hall–Kier alpha value is -1.02. The average molecular weight is 219 g/mol. The number of nitrogens with one attached hydrogen (secondary N) is 1. The summed E-state index contributed by atoms with van der Waals surface area (Å²) in [6.07, 6.45) is 1.24. The van der Waals surface area contributed by atoms with Crippen molar-refractivity contribution in [2.45, 2.75) is 32.1 Å². The molecule has 1 atom stereocenters. The van der Waals surface area contributed by atoms with Gasteiger partial charge in [-0.25, -0.2) is 0 Å². The second kappa shape index (κ2) is 4.88. The van der Waals surface area contributed by atoms with Gasteiger partial charge >= 0.3 is 0 Å². The van der Waals surface area contributed by atoms with E-state index in [1.165, 1.54) is 17.5 Å². The Labute approximate surface area is 98.0 Å². The molecule has 1 aliphatic rings. The molecular weight excluding hydrogens is 198 g/mol. The van der Waals surface area contributed by atoms with E-state index in [1.54, 1.807) is 7.11 Å².